The van der Waals surface area contributed by atoms with Crippen molar-refractivity contribution >= 4 is 34.8 Å². The highest BCUT2D eigenvalue weighted by atomic mass is 35.5. The van der Waals surface area contributed by atoms with Crippen LogP contribution in [0.3, 0.4) is 0 Å². The third-order valence-electron chi connectivity index (χ3n) is 3.93. The summed E-state index contributed by atoms with van der Waals surface area (Å²) in [5, 5.41) is 1.54. The molecule has 0 bridgehead atoms. The molecule has 0 aliphatic rings. The van der Waals surface area contributed by atoms with Crippen LogP contribution in [0.2, 0.25) is 10.0 Å². The molecule has 1 aromatic heterocycles. The molecular weight excluding hydrogens is 459 g/mol. The zero-order chi connectivity index (χ0) is 22.3. The minimum absolute atomic E-state index is 0.00266. The van der Waals surface area contributed by atoms with Gasteiger partial charge in [-0.2, -0.15) is 26.3 Å². The minimum atomic E-state index is -4.69. The van der Waals surface area contributed by atoms with E-state index in [4.69, 9.17) is 27.6 Å². The third-order valence-corrected chi connectivity index (χ3v) is 4.59. The number of nitrogens with one attached hydrogen (secondary N) is 1. The fourth-order valence-corrected chi connectivity index (χ4v) is 2.88. The SMILES string of the molecule is O=C(Nc1cc(C(F)(F)F)ccc1Cl)c1ccc(-c2ccc(Cl)c(C(F)(F)F)c2)o1. The zero-order valence-corrected chi connectivity index (χ0v) is 16.0. The summed E-state index contributed by atoms with van der Waals surface area (Å²) in [6.45, 7) is 0. The summed E-state index contributed by atoms with van der Waals surface area (Å²) in [6, 6.07) is 7.83. The largest absolute Gasteiger partial charge is 0.451 e. The summed E-state index contributed by atoms with van der Waals surface area (Å²) in [6.07, 6.45) is -9.34. The number of hydrogen-bond acceptors (Lipinski definition) is 2. The predicted molar refractivity (Wildman–Crippen MR) is 98.6 cm³/mol. The molecule has 0 fully saturated rings. The lowest BCUT2D eigenvalue weighted by Gasteiger charge is -2.11. The molecule has 11 heteroatoms. The van der Waals surface area contributed by atoms with Crippen LogP contribution < -0.4 is 5.32 Å². The second-order valence-corrected chi connectivity index (χ2v) is 6.82. The summed E-state index contributed by atoms with van der Waals surface area (Å²) in [4.78, 5) is 12.3. The van der Waals surface area contributed by atoms with Crippen LogP contribution in [0.15, 0.2) is 52.9 Å². The normalized spacial score (nSPS) is 12.1. The predicted octanol–water partition coefficient (Wildman–Crippen LogP) is 7.54. The van der Waals surface area contributed by atoms with Crippen LogP contribution in [0, 0.1) is 0 Å². The van der Waals surface area contributed by atoms with E-state index in [1.165, 1.54) is 12.1 Å². The van der Waals surface area contributed by atoms with Crippen molar-refractivity contribution in [2.45, 2.75) is 12.4 Å². The fourth-order valence-electron chi connectivity index (χ4n) is 2.49. The smallest absolute Gasteiger partial charge is 0.417 e. The maximum Gasteiger partial charge on any atom is 0.417 e. The Labute approximate surface area is 175 Å². The van der Waals surface area contributed by atoms with Gasteiger partial charge in [0.25, 0.3) is 5.91 Å². The van der Waals surface area contributed by atoms with Crippen molar-refractivity contribution in [1.29, 1.82) is 0 Å². The van der Waals surface area contributed by atoms with Gasteiger partial charge in [-0.05, 0) is 48.5 Å². The van der Waals surface area contributed by atoms with E-state index in [0.29, 0.717) is 6.07 Å². The first-order valence-electron chi connectivity index (χ1n) is 8.01. The van der Waals surface area contributed by atoms with E-state index < -0.39 is 34.4 Å². The second-order valence-electron chi connectivity index (χ2n) is 6.00. The average molecular weight is 468 g/mol. The first kappa shape index (κ1) is 22.0. The average Bonchev–Trinajstić information content (AvgIpc) is 3.12. The van der Waals surface area contributed by atoms with Crippen LogP contribution in [0.4, 0.5) is 32.0 Å². The van der Waals surface area contributed by atoms with Gasteiger partial charge in [0.05, 0.1) is 26.9 Å². The van der Waals surface area contributed by atoms with Gasteiger partial charge in [-0.3, -0.25) is 4.79 Å². The lowest BCUT2D eigenvalue weighted by atomic mass is 10.1. The summed E-state index contributed by atoms with van der Waals surface area (Å²) in [7, 11) is 0. The van der Waals surface area contributed by atoms with Crippen LogP contribution in [-0.4, -0.2) is 5.91 Å². The first-order valence-corrected chi connectivity index (χ1v) is 8.77. The van der Waals surface area contributed by atoms with E-state index in [0.717, 1.165) is 30.3 Å². The van der Waals surface area contributed by atoms with Gasteiger partial charge in [0.2, 0.25) is 0 Å². The number of furan rings is 1. The highest BCUT2D eigenvalue weighted by Gasteiger charge is 2.34. The Bertz CT molecular complexity index is 1110. The van der Waals surface area contributed by atoms with Crippen LogP contribution >= 0.6 is 23.2 Å². The van der Waals surface area contributed by atoms with E-state index >= 15 is 0 Å². The van der Waals surface area contributed by atoms with Crippen LogP contribution in [0.25, 0.3) is 11.3 Å². The molecule has 3 rings (SSSR count). The highest BCUT2D eigenvalue weighted by molar-refractivity contribution is 6.34. The first-order chi connectivity index (χ1) is 13.9. The molecule has 1 heterocycles. The summed E-state index contributed by atoms with van der Waals surface area (Å²) in [5.41, 5.74) is -2.41. The molecule has 158 valence electrons. The van der Waals surface area contributed by atoms with Crippen molar-refractivity contribution in [1.82, 2.24) is 0 Å². The van der Waals surface area contributed by atoms with E-state index in [1.807, 2.05) is 0 Å². The maximum absolute atomic E-state index is 13.0. The fraction of sp³-hybridized carbons (Fsp3) is 0.105. The molecule has 0 spiro atoms. The number of carbonyl (C=O) groups excluding carboxylic acids is 1. The Morgan fingerprint density at radius 3 is 2.13 bits per heavy atom. The van der Waals surface area contributed by atoms with Crippen molar-refractivity contribution < 1.29 is 35.6 Å². The molecular formula is C19H9Cl2F6NO2. The van der Waals surface area contributed by atoms with Gasteiger partial charge in [0.15, 0.2) is 5.76 Å². The Kier molecular flexibility index (Phi) is 5.79. The number of hydrogen-bond donors (Lipinski definition) is 1. The number of anilines is 1. The Morgan fingerprint density at radius 1 is 0.833 bits per heavy atom. The van der Waals surface area contributed by atoms with Crippen molar-refractivity contribution in [2.75, 3.05) is 5.32 Å². The number of rotatable bonds is 3. The Morgan fingerprint density at radius 2 is 1.50 bits per heavy atom. The van der Waals surface area contributed by atoms with E-state index in [2.05, 4.69) is 5.32 Å². The molecule has 0 unspecified atom stereocenters. The highest BCUT2D eigenvalue weighted by Crippen LogP contribution is 2.38. The number of benzene rings is 2. The standard InChI is InChI=1S/C19H9Cl2F6NO2/c20-12-3-1-9(7-11(12)19(25,26)27)15-5-6-16(30-15)17(29)28-14-8-10(18(22,23)24)2-4-13(14)21/h1-8H,(H,28,29). The number of alkyl halides is 6. The van der Waals surface area contributed by atoms with Gasteiger partial charge >= 0.3 is 12.4 Å². The van der Waals surface area contributed by atoms with Gasteiger partial charge in [-0.25, -0.2) is 0 Å². The lowest BCUT2D eigenvalue weighted by Crippen LogP contribution is -2.13. The molecule has 0 saturated carbocycles. The summed E-state index contributed by atoms with van der Waals surface area (Å²) >= 11 is 11.4. The van der Waals surface area contributed by atoms with Gasteiger partial charge in [-0.1, -0.05) is 23.2 Å². The lowest BCUT2D eigenvalue weighted by molar-refractivity contribution is -0.138. The minimum Gasteiger partial charge on any atom is -0.451 e. The van der Waals surface area contributed by atoms with Crippen molar-refractivity contribution in [3.63, 3.8) is 0 Å². The molecule has 0 aliphatic carbocycles. The van der Waals surface area contributed by atoms with Crippen molar-refractivity contribution in [3.05, 3.63) is 75.5 Å². The quantitative estimate of drug-likeness (QED) is 0.404. The van der Waals surface area contributed by atoms with Crippen LogP contribution in [0.5, 0.6) is 0 Å². The van der Waals surface area contributed by atoms with Gasteiger partial charge in [-0.15, -0.1) is 0 Å². The molecule has 30 heavy (non-hydrogen) atoms. The van der Waals surface area contributed by atoms with Crippen molar-refractivity contribution in [3.8, 4) is 11.3 Å². The molecule has 0 radical (unpaired) electrons. The zero-order valence-electron chi connectivity index (χ0n) is 14.5. The topological polar surface area (TPSA) is 42.2 Å². The Hall–Kier alpha value is -2.65. The molecule has 3 aromatic rings. The number of amides is 1. The summed E-state index contributed by atoms with van der Waals surface area (Å²) in [5.74, 6) is -1.35. The molecule has 3 nitrogen and oxygen atoms in total. The van der Waals surface area contributed by atoms with Gasteiger partial charge in [0.1, 0.15) is 5.76 Å². The summed E-state index contributed by atoms with van der Waals surface area (Å²) < 4.78 is 82.8. The number of carbonyl (C=O) groups is 1. The number of halogens is 8. The molecule has 0 saturated heterocycles. The second kappa shape index (κ2) is 7.88. The van der Waals surface area contributed by atoms with Gasteiger partial charge in [0, 0.05) is 5.56 Å². The molecule has 1 N–H and O–H groups in total. The van der Waals surface area contributed by atoms with E-state index in [-0.39, 0.29) is 27.8 Å². The van der Waals surface area contributed by atoms with E-state index in [1.54, 1.807) is 0 Å². The maximum atomic E-state index is 13.0. The van der Waals surface area contributed by atoms with Crippen molar-refractivity contribution in [2.24, 2.45) is 0 Å². The monoisotopic (exact) mass is 467 g/mol. The molecule has 0 atom stereocenters. The molecule has 1 amide bonds. The third kappa shape index (κ3) is 4.73. The Balaban J connectivity index is 1.86. The van der Waals surface area contributed by atoms with E-state index in [9.17, 15) is 31.1 Å². The molecule has 2 aromatic carbocycles. The van der Waals surface area contributed by atoms with Gasteiger partial charge < -0.3 is 9.73 Å². The van der Waals surface area contributed by atoms with Crippen LogP contribution in [-0.2, 0) is 12.4 Å². The van der Waals surface area contributed by atoms with Crippen LogP contribution in [0.1, 0.15) is 21.7 Å². The molecule has 0 aliphatic heterocycles.